The zero-order valence-electron chi connectivity index (χ0n) is 14.3. The largest absolute Gasteiger partial charge is 0.493 e. The van der Waals surface area contributed by atoms with Gasteiger partial charge in [-0.05, 0) is 30.7 Å². The minimum Gasteiger partial charge on any atom is -0.493 e. The van der Waals surface area contributed by atoms with Crippen molar-refractivity contribution in [2.24, 2.45) is 0 Å². The van der Waals surface area contributed by atoms with Crippen molar-refractivity contribution in [1.82, 2.24) is 9.55 Å². The summed E-state index contributed by atoms with van der Waals surface area (Å²) in [6, 6.07) is 13.8. The van der Waals surface area contributed by atoms with Crippen molar-refractivity contribution in [3.63, 3.8) is 0 Å². The Morgan fingerprint density at radius 2 is 1.84 bits per heavy atom. The first-order chi connectivity index (χ1) is 12.2. The fraction of sp³-hybridized carbons (Fsp3) is 0.250. The highest BCUT2D eigenvalue weighted by molar-refractivity contribution is 6.33. The Balaban J connectivity index is 1.93. The summed E-state index contributed by atoms with van der Waals surface area (Å²) in [4.78, 5) is 4.92. The molecular weight excluding hydrogens is 336 g/mol. The van der Waals surface area contributed by atoms with Crippen LogP contribution in [0.25, 0.3) is 22.5 Å². The average Bonchev–Trinajstić information content (AvgIpc) is 3.23. The van der Waals surface area contributed by atoms with Crippen molar-refractivity contribution in [2.75, 3.05) is 14.2 Å². The minimum atomic E-state index is 0.693. The van der Waals surface area contributed by atoms with Crippen LogP contribution < -0.4 is 9.47 Å². The van der Waals surface area contributed by atoms with Crippen LogP contribution in [0, 0.1) is 0 Å². The molecule has 0 atom stereocenters. The van der Waals surface area contributed by atoms with Gasteiger partial charge in [0.25, 0.3) is 0 Å². The molecule has 0 N–H and O–H groups in total. The molecule has 0 saturated carbocycles. The van der Waals surface area contributed by atoms with Crippen LogP contribution in [-0.2, 0) is 13.0 Å². The summed E-state index contributed by atoms with van der Waals surface area (Å²) in [5.74, 6) is 2.51. The van der Waals surface area contributed by atoms with Crippen LogP contribution in [0.5, 0.6) is 11.5 Å². The maximum absolute atomic E-state index is 6.50. The molecule has 0 amide bonds. The third kappa shape index (κ3) is 2.67. The molecule has 0 unspecified atom stereocenters. The molecule has 0 saturated heterocycles. The molecule has 4 rings (SSSR count). The van der Waals surface area contributed by atoms with Crippen LogP contribution in [0.4, 0.5) is 0 Å². The first-order valence-electron chi connectivity index (χ1n) is 8.29. The van der Waals surface area contributed by atoms with Gasteiger partial charge in [0.15, 0.2) is 11.5 Å². The van der Waals surface area contributed by atoms with Crippen LogP contribution in [0.3, 0.4) is 0 Å². The second-order valence-corrected chi connectivity index (χ2v) is 6.44. The van der Waals surface area contributed by atoms with Crippen molar-refractivity contribution >= 4 is 11.6 Å². The number of fused-ring (bicyclic) bond motifs is 1. The average molecular weight is 355 g/mol. The Kier molecular flexibility index (Phi) is 4.14. The normalized spacial score (nSPS) is 12.9. The summed E-state index contributed by atoms with van der Waals surface area (Å²) in [7, 11) is 3.28. The van der Waals surface area contributed by atoms with Crippen LogP contribution in [0.15, 0.2) is 42.5 Å². The summed E-state index contributed by atoms with van der Waals surface area (Å²) in [5.41, 5.74) is 4.01. The number of methoxy groups -OCH3 is 2. The Morgan fingerprint density at radius 1 is 1.04 bits per heavy atom. The van der Waals surface area contributed by atoms with E-state index in [0.29, 0.717) is 11.5 Å². The van der Waals surface area contributed by atoms with Gasteiger partial charge in [-0.3, -0.25) is 0 Å². The molecule has 0 spiro atoms. The highest BCUT2D eigenvalue weighted by Gasteiger charge is 2.24. The van der Waals surface area contributed by atoms with E-state index in [-0.39, 0.29) is 0 Å². The maximum atomic E-state index is 6.50. The van der Waals surface area contributed by atoms with Crippen molar-refractivity contribution in [1.29, 1.82) is 0 Å². The summed E-state index contributed by atoms with van der Waals surface area (Å²) in [5, 5.41) is 0.735. The number of nitrogens with zero attached hydrogens (tertiary/aromatic N) is 2. The van der Waals surface area contributed by atoms with Crippen LogP contribution in [0.1, 0.15) is 12.2 Å². The zero-order valence-corrected chi connectivity index (χ0v) is 15.0. The molecular formula is C20H19ClN2O2. The van der Waals surface area contributed by atoms with E-state index in [1.807, 2.05) is 36.4 Å². The van der Waals surface area contributed by atoms with E-state index >= 15 is 0 Å². The fourth-order valence-electron chi connectivity index (χ4n) is 3.44. The predicted octanol–water partition coefficient (Wildman–Crippen LogP) is 4.83. The SMILES string of the molecule is COc1ccc(-c2nc3n(c2-c2ccccc2Cl)CCC3)cc1OC. The second-order valence-electron chi connectivity index (χ2n) is 6.03. The Morgan fingerprint density at radius 3 is 2.60 bits per heavy atom. The summed E-state index contributed by atoms with van der Waals surface area (Å²) >= 11 is 6.50. The fourth-order valence-corrected chi connectivity index (χ4v) is 3.66. The van der Waals surface area contributed by atoms with Crippen LogP contribution in [0.2, 0.25) is 5.02 Å². The van der Waals surface area contributed by atoms with Crippen molar-refractivity contribution in [3.05, 3.63) is 53.3 Å². The van der Waals surface area contributed by atoms with Gasteiger partial charge in [0.05, 0.1) is 25.6 Å². The molecule has 2 heterocycles. The third-order valence-electron chi connectivity index (χ3n) is 4.61. The molecule has 0 bridgehead atoms. The summed E-state index contributed by atoms with van der Waals surface area (Å²) < 4.78 is 13.1. The molecule has 1 aliphatic heterocycles. The van der Waals surface area contributed by atoms with Gasteiger partial charge in [-0.25, -0.2) is 4.98 Å². The molecule has 0 fully saturated rings. The van der Waals surface area contributed by atoms with Crippen LogP contribution >= 0.6 is 11.6 Å². The highest BCUT2D eigenvalue weighted by atomic mass is 35.5. The van der Waals surface area contributed by atoms with Crippen LogP contribution in [-0.4, -0.2) is 23.8 Å². The van der Waals surface area contributed by atoms with Gasteiger partial charge >= 0.3 is 0 Å². The molecule has 2 aromatic carbocycles. The summed E-state index contributed by atoms with van der Waals surface area (Å²) in [6.45, 7) is 0.968. The molecule has 4 nitrogen and oxygen atoms in total. The topological polar surface area (TPSA) is 36.3 Å². The molecule has 5 heteroatoms. The molecule has 3 aromatic rings. The van der Waals surface area contributed by atoms with E-state index in [1.54, 1.807) is 14.2 Å². The smallest absolute Gasteiger partial charge is 0.161 e. The number of aryl methyl sites for hydroxylation is 1. The number of imidazole rings is 1. The monoisotopic (exact) mass is 354 g/mol. The van der Waals surface area contributed by atoms with Crippen molar-refractivity contribution in [2.45, 2.75) is 19.4 Å². The van der Waals surface area contributed by atoms with Crippen molar-refractivity contribution in [3.8, 4) is 34.0 Å². The van der Waals surface area contributed by atoms with E-state index in [1.165, 1.54) is 0 Å². The lowest BCUT2D eigenvalue weighted by Gasteiger charge is -2.12. The number of halogens is 1. The minimum absolute atomic E-state index is 0.693. The Labute approximate surface area is 152 Å². The van der Waals surface area contributed by atoms with Gasteiger partial charge in [-0.1, -0.05) is 29.8 Å². The molecule has 25 heavy (non-hydrogen) atoms. The number of ether oxygens (including phenoxy) is 2. The zero-order chi connectivity index (χ0) is 17.4. The van der Waals surface area contributed by atoms with Gasteiger partial charge in [-0.2, -0.15) is 0 Å². The maximum Gasteiger partial charge on any atom is 0.161 e. The predicted molar refractivity (Wildman–Crippen MR) is 99.5 cm³/mol. The van der Waals surface area contributed by atoms with E-state index in [4.69, 9.17) is 26.1 Å². The molecule has 1 aromatic heterocycles. The second kappa shape index (κ2) is 6.45. The lowest BCUT2D eigenvalue weighted by atomic mass is 10.0. The molecule has 0 radical (unpaired) electrons. The van der Waals surface area contributed by atoms with E-state index in [0.717, 1.165) is 52.7 Å². The van der Waals surface area contributed by atoms with Gasteiger partial charge in [0, 0.05) is 29.1 Å². The van der Waals surface area contributed by atoms with E-state index in [2.05, 4.69) is 10.6 Å². The molecule has 1 aliphatic rings. The van der Waals surface area contributed by atoms with Gasteiger partial charge in [0.2, 0.25) is 0 Å². The number of aromatic nitrogens is 2. The number of hydrogen-bond donors (Lipinski definition) is 0. The number of benzene rings is 2. The van der Waals surface area contributed by atoms with E-state index < -0.39 is 0 Å². The van der Waals surface area contributed by atoms with Gasteiger partial charge < -0.3 is 14.0 Å². The lowest BCUT2D eigenvalue weighted by molar-refractivity contribution is 0.355. The highest BCUT2D eigenvalue weighted by Crippen LogP contribution is 2.40. The lowest BCUT2D eigenvalue weighted by Crippen LogP contribution is -1.97. The quantitative estimate of drug-likeness (QED) is 0.673. The first kappa shape index (κ1) is 16.0. The number of hydrogen-bond acceptors (Lipinski definition) is 3. The molecule has 0 aliphatic carbocycles. The summed E-state index contributed by atoms with van der Waals surface area (Å²) in [6.07, 6.45) is 2.11. The van der Waals surface area contributed by atoms with Crippen molar-refractivity contribution < 1.29 is 9.47 Å². The third-order valence-corrected chi connectivity index (χ3v) is 4.94. The Hall–Kier alpha value is -2.46. The molecule has 128 valence electrons. The Bertz CT molecular complexity index is 933. The van der Waals surface area contributed by atoms with Gasteiger partial charge in [0.1, 0.15) is 5.82 Å². The first-order valence-corrected chi connectivity index (χ1v) is 8.67. The standard InChI is InChI=1S/C20H19ClN2O2/c1-24-16-10-9-13(12-17(16)25-2)19-20(14-6-3-4-7-15(14)21)23-11-5-8-18(23)22-19/h3-4,6-7,9-10,12H,5,8,11H2,1-2H3. The number of rotatable bonds is 4. The van der Waals surface area contributed by atoms with Gasteiger partial charge in [-0.15, -0.1) is 0 Å². The van der Waals surface area contributed by atoms with E-state index in [9.17, 15) is 0 Å².